The van der Waals surface area contributed by atoms with Crippen LogP contribution in [0, 0.1) is 6.92 Å². The quantitative estimate of drug-likeness (QED) is 0.780. The van der Waals surface area contributed by atoms with Crippen LogP contribution in [-0.2, 0) is 4.79 Å². The number of nitrogens with zero attached hydrogens (tertiary/aromatic N) is 1. The van der Waals surface area contributed by atoms with Gasteiger partial charge >= 0.3 is 0 Å². The van der Waals surface area contributed by atoms with Crippen LogP contribution in [0.15, 0.2) is 24.3 Å². The molecule has 0 heterocycles. The Labute approximate surface area is 121 Å². The lowest BCUT2D eigenvalue weighted by atomic mass is 10.1. The molecule has 0 radical (unpaired) electrons. The molecule has 1 aromatic rings. The first-order valence-electron chi connectivity index (χ1n) is 6.94. The molecule has 0 bridgehead atoms. The SMILES string of the molecule is Cc1ccccc1OCCCC(=O)N(C)CC(C)(C)O. The minimum atomic E-state index is -0.859. The molecule has 4 heteroatoms. The van der Waals surface area contributed by atoms with Gasteiger partial charge in [0.05, 0.1) is 12.2 Å². The Balaban J connectivity index is 2.27. The fourth-order valence-electron chi connectivity index (χ4n) is 1.98. The molecular formula is C16H25NO3. The third-order valence-corrected chi connectivity index (χ3v) is 2.94. The summed E-state index contributed by atoms with van der Waals surface area (Å²) in [6, 6.07) is 7.83. The molecular weight excluding hydrogens is 254 g/mol. The van der Waals surface area contributed by atoms with E-state index in [1.807, 2.05) is 31.2 Å². The maximum absolute atomic E-state index is 11.9. The van der Waals surface area contributed by atoms with Gasteiger partial charge < -0.3 is 14.7 Å². The van der Waals surface area contributed by atoms with Gasteiger partial charge in [-0.1, -0.05) is 18.2 Å². The predicted molar refractivity (Wildman–Crippen MR) is 79.8 cm³/mol. The lowest BCUT2D eigenvalue weighted by Crippen LogP contribution is -2.39. The van der Waals surface area contributed by atoms with Crippen molar-refractivity contribution >= 4 is 5.91 Å². The first kappa shape index (κ1) is 16.5. The molecule has 0 aliphatic rings. The third-order valence-electron chi connectivity index (χ3n) is 2.94. The summed E-state index contributed by atoms with van der Waals surface area (Å²) in [6.45, 7) is 6.24. The van der Waals surface area contributed by atoms with Gasteiger partial charge in [-0.3, -0.25) is 4.79 Å². The molecule has 0 saturated heterocycles. The van der Waals surface area contributed by atoms with Gasteiger partial charge in [0, 0.05) is 20.0 Å². The Hall–Kier alpha value is -1.55. The summed E-state index contributed by atoms with van der Waals surface area (Å²) in [5, 5.41) is 9.67. The molecule has 0 fully saturated rings. The second kappa shape index (κ2) is 7.29. The van der Waals surface area contributed by atoms with Crippen LogP contribution in [0.4, 0.5) is 0 Å². The maximum Gasteiger partial charge on any atom is 0.222 e. The molecule has 4 nitrogen and oxygen atoms in total. The Morgan fingerprint density at radius 3 is 2.60 bits per heavy atom. The van der Waals surface area contributed by atoms with Crippen molar-refractivity contribution in [1.29, 1.82) is 0 Å². The summed E-state index contributed by atoms with van der Waals surface area (Å²) in [4.78, 5) is 13.4. The van der Waals surface area contributed by atoms with E-state index >= 15 is 0 Å². The summed E-state index contributed by atoms with van der Waals surface area (Å²) >= 11 is 0. The lowest BCUT2D eigenvalue weighted by Gasteiger charge is -2.25. The monoisotopic (exact) mass is 279 g/mol. The van der Waals surface area contributed by atoms with E-state index < -0.39 is 5.60 Å². The van der Waals surface area contributed by atoms with Crippen molar-refractivity contribution in [1.82, 2.24) is 4.90 Å². The average molecular weight is 279 g/mol. The van der Waals surface area contributed by atoms with Crippen molar-refractivity contribution in [2.75, 3.05) is 20.2 Å². The van der Waals surface area contributed by atoms with Crippen molar-refractivity contribution < 1.29 is 14.6 Å². The molecule has 0 aromatic heterocycles. The maximum atomic E-state index is 11.9. The largest absolute Gasteiger partial charge is 0.493 e. The molecule has 0 spiro atoms. The minimum absolute atomic E-state index is 0.0282. The average Bonchev–Trinajstić information content (AvgIpc) is 2.34. The highest BCUT2D eigenvalue weighted by atomic mass is 16.5. The standard InChI is InChI=1S/C16H25NO3/c1-13-8-5-6-9-14(13)20-11-7-10-15(18)17(4)12-16(2,3)19/h5-6,8-9,19H,7,10-12H2,1-4H3. The fourth-order valence-corrected chi connectivity index (χ4v) is 1.98. The smallest absolute Gasteiger partial charge is 0.222 e. The number of hydrogen-bond donors (Lipinski definition) is 1. The van der Waals surface area contributed by atoms with E-state index in [1.165, 1.54) is 0 Å². The molecule has 0 unspecified atom stereocenters. The second-order valence-electron chi connectivity index (χ2n) is 5.78. The van der Waals surface area contributed by atoms with Gasteiger partial charge in [-0.25, -0.2) is 0 Å². The summed E-state index contributed by atoms with van der Waals surface area (Å²) in [7, 11) is 1.71. The number of aliphatic hydroxyl groups is 1. The molecule has 1 rings (SSSR count). The third kappa shape index (κ3) is 6.06. The molecule has 0 saturated carbocycles. The van der Waals surface area contributed by atoms with Crippen molar-refractivity contribution in [2.45, 2.75) is 39.2 Å². The predicted octanol–water partition coefficient (Wildman–Crippen LogP) is 2.38. The Morgan fingerprint density at radius 1 is 1.35 bits per heavy atom. The number of benzene rings is 1. The van der Waals surface area contributed by atoms with Crippen LogP contribution in [0.2, 0.25) is 0 Å². The van der Waals surface area contributed by atoms with Crippen molar-refractivity contribution in [3.63, 3.8) is 0 Å². The van der Waals surface area contributed by atoms with Crippen LogP contribution in [0.5, 0.6) is 5.75 Å². The number of para-hydroxylation sites is 1. The zero-order valence-corrected chi connectivity index (χ0v) is 12.8. The van der Waals surface area contributed by atoms with Crippen LogP contribution in [0.3, 0.4) is 0 Å². The Bertz CT molecular complexity index is 438. The number of rotatable bonds is 7. The number of amides is 1. The number of likely N-dealkylation sites (N-methyl/N-ethyl adjacent to an activating group) is 1. The van der Waals surface area contributed by atoms with Gasteiger partial charge in [0.1, 0.15) is 5.75 Å². The van der Waals surface area contributed by atoms with Gasteiger partial charge in [0.15, 0.2) is 0 Å². The van der Waals surface area contributed by atoms with Gasteiger partial charge in [-0.2, -0.15) is 0 Å². The van der Waals surface area contributed by atoms with Crippen LogP contribution in [0.1, 0.15) is 32.3 Å². The van der Waals surface area contributed by atoms with Gasteiger partial charge in [-0.05, 0) is 38.8 Å². The number of carbonyl (C=O) groups excluding carboxylic acids is 1. The summed E-state index contributed by atoms with van der Waals surface area (Å²) < 4.78 is 5.65. The first-order chi connectivity index (χ1) is 9.29. The Kier molecular flexibility index (Phi) is 6.02. The van der Waals surface area contributed by atoms with E-state index in [-0.39, 0.29) is 5.91 Å². The minimum Gasteiger partial charge on any atom is -0.493 e. The molecule has 20 heavy (non-hydrogen) atoms. The van der Waals surface area contributed by atoms with E-state index in [2.05, 4.69) is 0 Å². The van der Waals surface area contributed by atoms with Gasteiger partial charge in [0.2, 0.25) is 5.91 Å². The summed E-state index contributed by atoms with van der Waals surface area (Å²) in [6.07, 6.45) is 1.10. The second-order valence-corrected chi connectivity index (χ2v) is 5.78. The highest BCUT2D eigenvalue weighted by Crippen LogP contribution is 2.16. The van der Waals surface area contributed by atoms with Crippen LogP contribution < -0.4 is 4.74 Å². The van der Waals surface area contributed by atoms with E-state index in [0.717, 1.165) is 11.3 Å². The van der Waals surface area contributed by atoms with Crippen molar-refractivity contribution in [3.05, 3.63) is 29.8 Å². The number of aryl methyl sites for hydroxylation is 1. The first-order valence-corrected chi connectivity index (χ1v) is 6.94. The molecule has 0 aliphatic heterocycles. The van der Waals surface area contributed by atoms with Crippen molar-refractivity contribution in [3.8, 4) is 5.75 Å². The van der Waals surface area contributed by atoms with E-state index in [1.54, 1.807) is 25.8 Å². The molecule has 0 aliphatic carbocycles. The van der Waals surface area contributed by atoms with Gasteiger partial charge in [-0.15, -0.1) is 0 Å². The topological polar surface area (TPSA) is 49.8 Å². The molecule has 112 valence electrons. The Morgan fingerprint density at radius 2 is 2.00 bits per heavy atom. The highest BCUT2D eigenvalue weighted by molar-refractivity contribution is 5.75. The highest BCUT2D eigenvalue weighted by Gasteiger charge is 2.18. The zero-order valence-electron chi connectivity index (χ0n) is 12.8. The summed E-state index contributed by atoms with van der Waals surface area (Å²) in [5.41, 5.74) is 0.236. The number of ether oxygens (including phenoxy) is 1. The molecule has 1 N–H and O–H groups in total. The zero-order chi connectivity index (χ0) is 15.2. The van der Waals surface area contributed by atoms with Crippen LogP contribution in [0.25, 0.3) is 0 Å². The van der Waals surface area contributed by atoms with Crippen LogP contribution in [-0.4, -0.2) is 41.7 Å². The van der Waals surface area contributed by atoms with Gasteiger partial charge in [0.25, 0.3) is 0 Å². The van der Waals surface area contributed by atoms with Crippen molar-refractivity contribution in [2.24, 2.45) is 0 Å². The fraction of sp³-hybridized carbons (Fsp3) is 0.562. The van der Waals surface area contributed by atoms with E-state index in [9.17, 15) is 9.90 Å². The molecule has 1 aromatic carbocycles. The molecule has 1 amide bonds. The summed E-state index contributed by atoms with van der Waals surface area (Å²) in [5.74, 6) is 0.894. The van der Waals surface area contributed by atoms with Crippen LogP contribution >= 0.6 is 0 Å². The normalized spacial score (nSPS) is 11.2. The number of carbonyl (C=O) groups is 1. The van der Waals surface area contributed by atoms with E-state index in [4.69, 9.17) is 4.74 Å². The van der Waals surface area contributed by atoms with E-state index in [0.29, 0.717) is 26.0 Å². The molecule has 0 atom stereocenters. The lowest BCUT2D eigenvalue weighted by molar-refractivity contribution is -0.132. The number of hydrogen-bond acceptors (Lipinski definition) is 3.